The summed E-state index contributed by atoms with van der Waals surface area (Å²) in [6.45, 7) is 3.32. The minimum atomic E-state index is -0.141. The van der Waals surface area contributed by atoms with E-state index in [2.05, 4.69) is 10.3 Å². The number of hydrogen-bond donors (Lipinski definition) is 3. The van der Waals surface area contributed by atoms with Crippen LogP contribution in [0.25, 0.3) is 0 Å². The van der Waals surface area contributed by atoms with Gasteiger partial charge in [0.05, 0.1) is 6.61 Å². The van der Waals surface area contributed by atoms with Crippen LogP contribution in [0.5, 0.6) is 0 Å². The van der Waals surface area contributed by atoms with Crippen LogP contribution in [0, 0.1) is 5.92 Å². The maximum Gasteiger partial charge on any atom is 0.237 e. The zero-order chi connectivity index (χ0) is 11.3. The smallest absolute Gasteiger partial charge is 0.237 e. The first-order valence-corrected chi connectivity index (χ1v) is 5.54. The van der Waals surface area contributed by atoms with Gasteiger partial charge in [0.2, 0.25) is 5.91 Å². The third-order valence-corrected chi connectivity index (χ3v) is 3.08. The molecule has 1 aliphatic carbocycles. The number of nitrogens with one attached hydrogen (secondary N) is 1. The average molecular weight is 215 g/mol. The molecular formula is C10H21N3O2. The molecule has 1 rings (SSSR count). The summed E-state index contributed by atoms with van der Waals surface area (Å²) in [5, 5.41) is 8.95. The lowest BCUT2D eigenvalue weighted by molar-refractivity contribution is -0.125. The van der Waals surface area contributed by atoms with Crippen LogP contribution in [0.15, 0.2) is 0 Å². The van der Waals surface area contributed by atoms with Crippen molar-refractivity contribution in [2.24, 2.45) is 11.8 Å². The largest absolute Gasteiger partial charge is 0.395 e. The lowest BCUT2D eigenvalue weighted by Crippen LogP contribution is -2.47. The Balaban J connectivity index is 2.38. The summed E-state index contributed by atoms with van der Waals surface area (Å²) < 4.78 is 0. The summed E-state index contributed by atoms with van der Waals surface area (Å²) in [6, 6.07) is 0.546. The van der Waals surface area contributed by atoms with Gasteiger partial charge in [-0.15, -0.1) is 0 Å². The Morgan fingerprint density at radius 1 is 1.67 bits per heavy atom. The van der Waals surface area contributed by atoms with E-state index in [0.717, 1.165) is 0 Å². The molecule has 88 valence electrons. The first-order chi connectivity index (χ1) is 7.19. The molecule has 1 amide bonds. The summed E-state index contributed by atoms with van der Waals surface area (Å²) in [6.07, 6.45) is 3.61. The molecule has 1 fully saturated rings. The summed E-state index contributed by atoms with van der Waals surface area (Å²) in [5.41, 5.74) is 2.16. The SMILES string of the molecule is CC(CN(CCO)C1CCC1)C(=O)NN. The molecule has 1 aliphatic rings. The Hall–Kier alpha value is -0.650. The molecule has 0 heterocycles. The molecule has 1 atom stereocenters. The Labute approximate surface area is 90.6 Å². The Morgan fingerprint density at radius 3 is 2.73 bits per heavy atom. The van der Waals surface area contributed by atoms with Gasteiger partial charge in [0.15, 0.2) is 0 Å². The van der Waals surface area contributed by atoms with Crippen LogP contribution in [-0.4, -0.2) is 41.7 Å². The molecule has 0 bridgehead atoms. The van der Waals surface area contributed by atoms with Crippen molar-refractivity contribution < 1.29 is 9.90 Å². The number of hydrazine groups is 1. The minimum absolute atomic E-state index is 0.123. The van der Waals surface area contributed by atoms with E-state index >= 15 is 0 Å². The molecule has 0 radical (unpaired) electrons. The van der Waals surface area contributed by atoms with Crippen LogP contribution in [-0.2, 0) is 4.79 Å². The Kier molecular flexibility index (Phi) is 5.01. The lowest BCUT2D eigenvalue weighted by atomic mass is 9.90. The van der Waals surface area contributed by atoms with Crippen molar-refractivity contribution in [1.29, 1.82) is 0 Å². The first kappa shape index (κ1) is 12.4. The second-order valence-electron chi connectivity index (χ2n) is 4.21. The molecule has 0 aromatic carbocycles. The molecule has 0 aromatic heterocycles. The highest BCUT2D eigenvalue weighted by atomic mass is 16.3. The van der Waals surface area contributed by atoms with E-state index in [9.17, 15) is 4.79 Å². The van der Waals surface area contributed by atoms with Gasteiger partial charge in [0, 0.05) is 25.0 Å². The number of rotatable bonds is 6. The maximum atomic E-state index is 11.3. The van der Waals surface area contributed by atoms with Crippen molar-refractivity contribution >= 4 is 5.91 Å². The second kappa shape index (κ2) is 6.05. The summed E-state index contributed by atoms with van der Waals surface area (Å²) in [7, 11) is 0. The number of carbonyl (C=O) groups is 1. The fourth-order valence-electron chi connectivity index (χ4n) is 1.88. The number of amides is 1. The van der Waals surface area contributed by atoms with E-state index in [-0.39, 0.29) is 18.4 Å². The predicted molar refractivity (Wildman–Crippen MR) is 57.8 cm³/mol. The number of nitrogens with zero attached hydrogens (tertiary/aromatic N) is 1. The predicted octanol–water partition coefficient (Wildman–Crippen LogP) is -0.541. The van der Waals surface area contributed by atoms with Crippen molar-refractivity contribution in [3.05, 3.63) is 0 Å². The molecule has 0 aliphatic heterocycles. The quantitative estimate of drug-likeness (QED) is 0.316. The Bertz CT molecular complexity index is 207. The highest BCUT2D eigenvalue weighted by Gasteiger charge is 2.26. The lowest BCUT2D eigenvalue weighted by Gasteiger charge is -2.38. The van der Waals surface area contributed by atoms with Crippen LogP contribution in [0.1, 0.15) is 26.2 Å². The Morgan fingerprint density at radius 2 is 2.33 bits per heavy atom. The zero-order valence-corrected chi connectivity index (χ0v) is 9.28. The standard InChI is InChI=1S/C10H21N3O2/c1-8(10(15)12-11)7-13(5-6-14)9-3-2-4-9/h8-9,14H,2-7,11H2,1H3,(H,12,15). The van der Waals surface area contributed by atoms with E-state index in [1.807, 2.05) is 6.92 Å². The second-order valence-corrected chi connectivity index (χ2v) is 4.21. The van der Waals surface area contributed by atoms with E-state index < -0.39 is 0 Å². The average Bonchev–Trinajstić information content (AvgIpc) is 2.14. The molecule has 1 saturated carbocycles. The fraction of sp³-hybridized carbons (Fsp3) is 0.900. The first-order valence-electron chi connectivity index (χ1n) is 5.54. The summed E-state index contributed by atoms with van der Waals surface area (Å²) in [5.74, 6) is 4.81. The third kappa shape index (κ3) is 3.44. The monoisotopic (exact) mass is 215 g/mol. The van der Waals surface area contributed by atoms with E-state index in [1.54, 1.807) is 0 Å². The van der Waals surface area contributed by atoms with Gasteiger partial charge in [0.25, 0.3) is 0 Å². The summed E-state index contributed by atoms with van der Waals surface area (Å²) >= 11 is 0. The van der Waals surface area contributed by atoms with Gasteiger partial charge in [-0.05, 0) is 12.8 Å². The zero-order valence-electron chi connectivity index (χ0n) is 9.28. The van der Waals surface area contributed by atoms with Gasteiger partial charge in [0.1, 0.15) is 0 Å². The highest BCUT2D eigenvalue weighted by Crippen LogP contribution is 2.25. The van der Waals surface area contributed by atoms with Gasteiger partial charge in [-0.3, -0.25) is 15.1 Å². The van der Waals surface area contributed by atoms with Crippen LogP contribution < -0.4 is 11.3 Å². The number of aliphatic hydroxyl groups excluding tert-OH is 1. The van der Waals surface area contributed by atoms with Crippen molar-refractivity contribution in [2.75, 3.05) is 19.7 Å². The highest BCUT2D eigenvalue weighted by molar-refractivity contribution is 5.77. The van der Waals surface area contributed by atoms with Gasteiger partial charge < -0.3 is 5.11 Å². The molecule has 5 heteroatoms. The third-order valence-electron chi connectivity index (χ3n) is 3.08. The van der Waals surface area contributed by atoms with Crippen molar-refractivity contribution in [3.8, 4) is 0 Å². The number of nitrogens with two attached hydrogens (primary N) is 1. The number of aliphatic hydroxyl groups is 1. The normalized spacial score (nSPS) is 18.7. The van der Waals surface area contributed by atoms with Crippen LogP contribution in [0.4, 0.5) is 0 Å². The molecule has 1 unspecified atom stereocenters. The van der Waals surface area contributed by atoms with Gasteiger partial charge in [-0.1, -0.05) is 13.3 Å². The van der Waals surface area contributed by atoms with Crippen molar-refractivity contribution in [3.63, 3.8) is 0 Å². The number of carbonyl (C=O) groups excluding carboxylic acids is 1. The molecule has 4 N–H and O–H groups in total. The van der Waals surface area contributed by atoms with Crippen LogP contribution >= 0.6 is 0 Å². The molecule has 15 heavy (non-hydrogen) atoms. The number of hydrogen-bond acceptors (Lipinski definition) is 4. The van der Waals surface area contributed by atoms with E-state index in [4.69, 9.17) is 10.9 Å². The van der Waals surface area contributed by atoms with Crippen LogP contribution in [0.3, 0.4) is 0 Å². The van der Waals surface area contributed by atoms with Crippen molar-refractivity contribution in [2.45, 2.75) is 32.2 Å². The molecule has 5 nitrogen and oxygen atoms in total. The topological polar surface area (TPSA) is 78.6 Å². The molecular weight excluding hydrogens is 194 g/mol. The van der Waals surface area contributed by atoms with Crippen molar-refractivity contribution in [1.82, 2.24) is 10.3 Å². The molecule has 0 saturated heterocycles. The van der Waals surface area contributed by atoms with Gasteiger partial charge in [-0.25, -0.2) is 5.84 Å². The van der Waals surface area contributed by atoms with Crippen LogP contribution in [0.2, 0.25) is 0 Å². The van der Waals surface area contributed by atoms with E-state index in [1.165, 1.54) is 19.3 Å². The minimum Gasteiger partial charge on any atom is -0.395 e. The maximum absolute atomic E-state index is 11.3. The molecule has 0 spiro atoms. The van der Waals surface area contributed by atoms with Gasteiger partial charge >= 0.3 is 0 Å². The fourth-order valence-corrected chi connectivity index (χ4v) is 1.88. The van der Waals surface area contributed by atoms with Gasteiger partial charge in [-0.2, -0.15) is 0 Å². The summed E-state index contributed by atoms with van der Waals surface area (Å²) in [4.78, 5) is 13.4. The van der Waals surface area contributed by atoms with E-state index in [0.29, 0.717) is 19.1 Å². The molecule has 0 aromatic rings.